The summed E-state index contributed by atoms with van der Waals surface area (Å²) < 4.78 is 0. The van der Waals surface area contributed by atoms with Crippen LogP contribution in [0.15, 0.2) is 12.3 Å². The zero-order chi connectivity index (χ0) is 8.27. The predicted molar refractivity (Wildman–Crippen MR) is 45.5 cm³/mol. The molecule has 1 heterocycles. The Morgan fingerprint density at radius 1 is 1.45 bits per heavy atom. The third kappa shape index (κ3) is 2.53. The molecule has 11 heavy (non-hydrogen) atoms. The number of nitrogens with one attached hydrogen (secondary N) is 1. The molecule has 0 spiro atoms. The third-order valence-corrected chi connectivity index (χ3v) is 1.21. The van der Waals surface area contributed by atoms with Gasteiger partial charge in [-0.25, -0.2) is 9.97 Å². The molecule has 3 heteroatoms. The zero-order valence-electron chi connectivity index (χ0n) is 7.13. The standard InChI is InChI=1S/C8H13N3/c1-6(2)10-8-9-5-4-7(3)11-8/h4-6H,1-3H3,(H,9,10,11). The van der Waals surface area contributed by atoms with E-state index in [1.807, 2.05) is 13.0 Å². The first-order valence-electron chi connectivity index (χ1n) is 3.74. The first-order valence-corrected chi connectivity index (χ1v) is 3.74. The fourth-order valence-corrected chi connectivity index (χ4v) is 0.777. The van der Waals surface area contributed by atoms with E-state index in [0.717, 1.165) is 5.69 Å². The molecule has 0 unspecified atom stereocenters. The summed E-state index contributed by atoms with van der Waals surface area (Å²) >= 11 is 0. The minimum absolute atomic E-state index is 0.386. The topological polar surface area (TPSA) is 37.8 Å². The van der Waals surface area contributed by atoms with Gasteiger partial charge in [0, 0.05) is 17.9 Å². The van der Waals surface area contributed by atoms with E-state index in [4.69, 9.17) is 0 Å². The quantitative estimate of drug-likeness (QED) is 0.697. The molecule has 0 saturated carbocycles. The van der Waals surface area contributed by atoms with Crippen LogP contribution in [0.25, 0.3) is 0 Å². The first-order chi connectivity index (χ1) is 5.18. The highest BCUT2D eigenvalue weighted by Gasteiger charge is 1.96. The average molecular weight is 151 g/mol. The number of anilines is 1. The fraction of sp³-hybridized carbons (Fsp3) is 0.500. The van der Waals surface area contributed by atoms with Gasteiger partial charge < -0.3 is 5.32 Å². The molecule has 0 amide bonds. The van der Waals surface area contributed by atoms with Crippen LogP contribution in [0.2, 0.25) is 0 Å². The largest absolute Gasteiger partial charge is 0.352 e. The SMILES string of the molecule is Cc1ccnc(NC(C)C)n1. The molecule has 0 aliphatic carbocycles. The van der Waals surface area contributed by atoms with E-state index in [9.17, 15) is 0 Å². The van der Waals surface area contributed by atoms with E-state index in [2.05, 4.69) is 29.1 Å². The molecule has 0 atom stereocenters. The molecule has 1 rings (SSSR count). The maximum atomic E-state index is 4.19. The maximum Gasteiger partial charge on any atom is 0.223 e. The monoisotopic (exact) mass is 151 g/mol. The van der Waals surface area contributed by atoms with Crippen LogP contribution in [0.4, 0.5) is 5.95 Å². The van der Waals surface area contributed by atoms with Crippen LogP contribution in [0.3, 0.4) is 0 Å². The Labute approximate surface area is 66.9 Å². The molecular formula is C8H13N3. The normalized spacial score (nSPS) is 10.2. The lowest BCUT2D eigenvalue weighted by Gasteiger charge is -2.06. The van der Waals surface area contributed by atoms with Gasteiger partial charge in [0.15, 0.2) is 0 Å². The van der Waals surface area contributed by atoms with Crippen molar-refractivity contribution in [1.29, 1.82) is 0 Å². The van der Waals surface area contributed by atoms with Gasteiger partial charge >= 0.3 is 0 Å². The Morgan fingerprint density at radius 3 is 2.73 bits per heavy atom. The molecule has 3 nitrogen and oxygen atoms in total. The van der Waals surface area contributed by atoms with E-state index in [1.165, 1.54) is 0 Å². The van der Waals surface area contributed by atoms with E-state index in [-0.39, 0.29) is 0 Å². The molecule has 0 saturated heterocycles. The molecule has 60 valence electrons. The van der Waals surface area contributed by atoms with E-state index < -0.39 is 0 Å². The molecule has 0 radical (unpaired) electrons. The van der Waals surface area contributed by atoms with Gasteiger partial charge in [0.1, 0.15) is 0 Å². The molecule has 0 aliphatic heterocycles. The molecule has 0 fully saturated rings. The molecule has 0 bridgehead atoms. The van der Waals surface area contributed by atoms with Gasteiger partial charge in [-0.3, -0.25) is 0 Å². The molecule has 0 aromatic carbocycles. The lowest BCUT2D eigenvalue weighted by atomic mass is 10.4. The van der Waals surface area contributed by atoms with Crippen molar-refractivity contribution in [3.8, 4) is 0 Å². The highest BCUT2D eigenvalue weighted by Crippen LogP contribution is 1.99. The third-order valence-electron chi connectivity index (χ3n) is 1.21. The van der Waals surface area contributed by atoms with E-state index in [0.29, 0.717) is 12.0 Å². The van der Waals surface area contributed by atoms with Crippen LogP contribution in [-0.4, -0.2) is 16.0 Å². The van der Waals surface area contributed by atoms with Crippen molar-refractivity contribution >= 4 is 5.95 Å². The minimum atomic E-state index is 0.386. The van der Waals surface area contributed by atoms with Gasteiger partial charge in [0.2, 0.25) is 5.95 Å². The Hall–Kier alpha value is -1.12. The molecule has 1 aromatic heterocycles. The minimum Gasteiger partial charge on any atom is -0.352 e. The summed E-state index contributed by atoms with van der Waals surface area (Å²) in [4.78, 5) is 8.25. The Morgan fingerprint density at radius 2 is 2.18 bits per heavy atom. The van der Waals surface area contributed by atoms with Crippen LogP contribution in [0.5, 0.6) is 0 Å². The molecular weight excluding hydrogens is 138 g/mol. The van der Waals surface area contributed by atoms with Crippen molar-refractivity contribution in [2.75, 3.05) is 5.32 Å². The lowest BCUT2D eigenvalue weighted by Crippen LogP contribution is -2.12. The van der Waals surface area contributed by atoms with Gasteiger partial charge in [-0.15, -0.1) is 0 Å². The predicted octanol–water partition coefficient (Wildman–Crippen LogP) is 1.61. The summed E-state index contributed by atoms with van der Waals surface area (Å²) in [5.41, 5.74) is 0.989. The summed E-state index contributed by atoms with van der Waals surface area (Å²) in [7, 11) is 0. The zero-order valence-corrected chi connectivity index (χ0v) is 7.13. The molecule has 1 N–H and O–H groups in total. The van der Waals surface area contributed by atoms with Crippen molar-refractivity contribution in [2.45, 2.75) is 26.8 Å². The summed E-state index contributed by atoms with van der Waals surface area (Å²) in [5, 5.41) is 3.12. The van der Waals surface area contributed by atoms with Gasteiger partial charge in [-0.1, -0.05) is 0 Å². The van der Waals surface area contributed by atoms with Crippen LogP contribution < -0.4 is 5.32 Å². The Bertz CT molecular complexity index is 233. The van der Waals surface area contributed by atoms with Crippen LogP contribution in [0, 0.1) is 6.92 Å². The second kappa shape index (κ2) is 3.32. The number of hydrogen-bond acceptors (Lipinski definition) is 3. The number of aryl methyl sites for hydroxylation is 1. The van der Waals surface area contributed by atoms with Crippen molar-refractivity contribution in [3.05, 3.63) is 18.0 Å². The van der Waals surface area contributed by atoms with Crippen LogP contribution in [0.1, 0.15) is 19.5 Å². The van der Waals surface area contributed by atoms with Gasteiger partial charge in [0.05, 0.1) is 0 Å². The van der Waals surface area contributed by atoms with Gasteiger partial charge in [-0.05, 0) is 26.8 Å². The Balaban J connectivity index is 2.71. The number of rotatable bonds is 2. The van der Waals surface area contributed by atoms with Crippen LogP contribution in [-0.2, 0) is 0 Å². The smallest absolute Gasteiger partial charge is 0.223 e. The second-order valence-electron chi connectivity index (χ2n) is 2.82. The maximum absolute atomic E-state index is 4.19. The molecule has 1 aromatic rings. The second-order valence-corrected chi connectivity index (χ2v) is 2.82. The van der Waals surface area contributed by atoms with Gasteiger partial charge in [-0.2, -0.15) is 0 Å². The number of hydrogen-bond donors (Lipinski definition) is 1. The van der Waals surface area contributed by atoms with E-state index >= 15 is 0 Å². The summed E-state index contributed by atoms with van der Waals surface area (Å²) in [6.45, 7) is 6.07. The van der Waals surface area contributed by atoms with Crippen molar-refractivity contribution < 1.29 is 0 Å². The number of nitrogens with zero attached hydrogens (tertiary/aromatic N) is 2. The van der Waals surface area contributed by atoms with E-state index in [1.54, 1.807) is 6.20 Å². The number of aromatic nitrogens is 2. The lowest BCUT2D eigenvalue weighted by molar-refractivity contribution is 0.870. The fourth-order valence-electron chi connectivity index (χ4n) is 0.777. The average Bonchev–Trinajstić information content (AvgIpc) is 1.85. The van der Waals surface area contributed by atoms with Gasteiger partial charge in [0.25, 0.3) is 0 Å². The summed E-state index contributed by atoms with van der Waals surface area (Å²) in [5.74, 6) is 0.708. The summed E-state index contributed by atoms with van der Waals surface area (Å²) in [6.07, 6.45) is 1.76. The highest BCUT2D eigenvalue weighted by atomic mass is 15.1. The highest BCUT2D eigenvalue weighted by molar-refractivity contribution is 5.25. The Kier molecular flexibility index (Phi) is 2.41. The van der Waals surface area contributed by atoms with Crippen LogP contribution >= 0.6 is 0 Å². The summed E-state index contributed by atoms with van der Waals surface area (Å²) in [6, 6.07) is 2.27. The first kappa shape index (κ1) is 7.98. The van der Waals surface area contributed by atoms with Crippen molar-refractivity contribution in [3.63, 3.8) is 0 Å². The molecule has 0 aliphatic rings. The van der Waals surface area contributed by atoms with Crippen molar-refractivity contribution in [2.24, 2.45) is 0 Å². The van der Waals surface area contributed by atoms with Crippen molar-refractivity contribution in [1.82, 2.24) is 9.97 Å².